The summed E-state index contributed by atoms with van der Waals surface area (Å²) in [6, 6.07) is 0. The summed E-state index contributed by atoms with van der Waals surface area (Å²) in [5.41, 5.74) is 0.671. The van der Waals surface area contributed by atoms with Crippen LogP contribution < -0.4 is 0 Å². The van der Waals surface area contributed by atoms with Gasteiger partial charge >= 0.3 is 0 Å². The third kappa shape index (κ3) is 2.09. The first-order valence-corrected chi connectivity index (χ1v) is 2.73. The Bertz CT molecular complexity index is 84.5. The number of aliphatic hydroxyl groups is 2. The minimum atomic E-state index is -1.26. The fraction of sp³-hybridized carbons (Fsp3) is 0.667. The van der Waals surface area contributed by atoms with E-state index in [0.717, 1.165) is 0 Å². The standard InChI is InChI=1S/C6H12O2/c1-3-5(4-2)6(7)8/h3,6-8H,4H2,1-2H3. The van der Waals surface area contributed by atoms with Gasteiger partial charge in [0.1, 0.15) is 0 Å². The van der Waals surface area contributed by atoms with Crippen LogP contribution in [0.15, 0.2) is 11.6 Å². The first-order chi connectivity index (χ1) is 3.72. The van der Waals surface area contributed by atoms with E-state index in [2.05, 4.69) is 0 Å². The van der Waals surface area contributed by atoms with E-state index >= 15 is 0 Å². The van der Waals surface area contributed by atoms with E-state index in [0.29, 0.717) is 12.0 Å². The first-order valence-electron chi connectivity index (χ1n) is 2.73. The number of rotatable bonds is 2. The summed E-state index contributed by atoms with van der Waals surface area (Å²) >= 11 is 0. The second-order valence-electron chi connectivity index (χ2n) is 1.59. The molecule has 0 spiro atoms. The van der Waals surface area contributed by atoms with Crippen LogP contribution in [0.25, 0.3) is 0 Å². The molecular weight excluding hydrogens is 104 g/mol. The van der Waals surface area contributed by atoms with Crippen LogP contribution in [0.3, 0.4) is 0 Å². The lowest BCUT2D eigenvalue weighted by atomic mass is 10.2. The van der Waals surface area contributed by atoms with Crippen LogP contribution in [0, 0.1) is 0 Å². The van der Waals surface area contributed by atoms with E-state index in [1.807, 2.05) is 6.92 Å². The fourth-order valence-corrected chi connectivity index (χ4v) is 0.536. The maximum atomic E-state index is 8.50. The molecule has 0 bridgehead atoms. The Labute approximate surface area is 49.5 Å². The topological polar surface area (TPSA) is 40.5 Å². The van der Waals surface area contributed by atoms with Crippen molar-refractivity contribution < 1.29 is 10.2 Å². The quantitative estimate of drug-likeness (QED) is 0.411. The molecule has 0 aromatic carbocycles. The van der Waals surface area contributed by atoms with Gasteiger partial charge in [0.15, 0.2) is 6.29 Å². The summed E-state index contributed by atoms with van der Waals surface area (Å²) in [7, 11) is 0. The molecule has 0 aliphatic carbocycles. The molecule has 0 aliphatic rings. The van der Waals surface area contributed by atoms with Gasteiger partial charge in [0.05, 0.1) is 0 Å². The van der Waals surface area contributed by atoms with E-state index in [-0.39, 0.29) is 0 Å². The summed E-state index contributed by atoms with van der Waals surface area (Å²) < 4.78 is 0. The molecule has 0 amide bonds. The molecule has 0 aliphatic heterocycles. The molecule has 0 aromatic heterocycles. The molecule has 0 fully saturated rings. The zero-order valence-corrected chi connectivity index (χ0v) is 5.26. The van der Waals surface area contributed by atoms with Gasteiger partial charge in [-0.3, -0.25) is 0 Å². The van der Waals surface area contributed by atoms with Crippen LogP contribution in [0.2, 0.25) is 0 Å². The molecule has 2 N–H and O–H groups in total. The zero-order valence-electron chi connectivity index (χ0n) is 5.26. The van der Waals surface area contributed by atoms with Crippen molar-refractivity contribution in [1.29, 1.82) is 0 Å². The molecule has 0 radical (unpaired) electrons. The van der Waals surface area contributed by atoms with Crippen molar-refractivity contribution in [2.24, 2.45) is 0 Å². The summed E-state index contributed by atoms with van der Waals surface area (Å²) in [5, 5.41) is 17.0. The Morgan fingerprint density at radius 1 is 1.62 bits per heavy atom. The Kier molecular flexibility index (Phi) is 3.48. The Hall–Kier alpha value is -0.340. The molecular formula is C6H12O2. The van der Waals surface area contributed by atoms with Gasteiger partial charge in [-0.05, 0) is 18.9 Å². The third-order valence-electron chi connectivity index (χ3n) is 1.11. The Balaban J connectivity index is 3.72. The van der Waals surface area contributed by atoms with Gasteiger partial charge in [-0.1, -0.05) is 13.0 Å². The van der Waals surface area contributed by atoms with E-state index in [9.17, 15) is 0 Å². The Morgan fingerprint density at radius 2 is 2.12 bits per heavy atom. The van der Waals surface area contributed by atoms with Crippen LogP contribution in [-0.2, 0) is 0 Å². The molecule has 2 nitrogen and oxygen atoms in total. The smallest absolute Gasteiger partial charge is 0.174 e. The van der Waals surface area contributed by atoms with E-state index in [1.165, 1.54) is 0 Å². The molecule has 8 heavy (non-hydrogen) atoms. The van der Waals surface area contributed by atoms with Crippen LogP contribution in [0.5, 0.6) is 0 Å². The lowest BCUT2D eigenvalue weighted by Gasteiger charge is -2.03. The van der Waals surface area contributed by atoms with Crippen molar-refractivity contribution in [2.75, 3.05) is 0 Å². The number of hydrogen-bond acceptors (Lipinski definition) is 2. The van der Waals surface area contributed by atoms with Crippen molar-refractivity contribution in [3.8, 4) is 0 Å². The highest BCUT2D eigenvalue weighted by atomic mass is 16.5. The lowest BCUT2D eigenvalue weighted by molar-refractivity contribution is -0.00986. The number of aliphatic hydroxyl groups excluding tert-OH is 1. The van der Waals surface area contributed by atoms with E-state index < -0.39 is 6.29 Å². The molecule has 0 rings (SSSR count). The van der Waals surface area contributed by atoms with Crippen molar-refractivity contribution in [2.45, 2.75) is 26.6 Å². The van der Waals surface area contributed by atoms with Crippen LogP contribution >= 0.6 is 0 Å². The average molecular weight is 116 g/mol. The molecule has 0 saturated carbocycles. The van der Waals surface area contributed by atoms with E-state index in [1.54, 1.807) is 13.0 Å². The van der Waals surface area contributed by atoms with Crippen molar-refractivity contribution in [3.05, 3.63) is 11.6 Å². The van der Waals surface area contributed by atoms with E-state index in [4.69, 9.17) is 10.2 Å². The average Bonchev–Trinajstić information content (AvgIpc) is 1.69. The number of hydrogen-bond donors (Lipinski definition) is 2. The van der Waals surface area contributed by atoms with Gasteiger partial charge in [0, 0.05) is 0 Å². The second-order valence-corrected chi connectivity index (χ2v) is 1.59. The maximum absolute atomic E-state index is 8.50. The highest BCUT2D eigenvalue weighted by Gasteiger charge is 1.99. The SMILES string of the molecule is CC=C(CC)C(O)O. The predicted octanol–water partition coefficient (Wildman–Crippen LogP) is 0.653. The van der Waals surface area contributed by atoms with Gasteiger partial charge in [-0.2, -0.15) is 0 Å². The maximum Gasteiger partial charge on any atom is 0.174 e. The monoisotopic (exact) mass is 116 g/mol. The minimum absolute atomic E-state index is 0.671. The molecule has 0 saturated heterocycles. The minimum Gasteiger partial charge on any atom is -0.365 e. The van der Waals surface area contributed by atoms with Crippen molar-refractivity contribution in [3.63, 3.8) is 0 Å². The predicted molar refractivity (Wildman–Crippen MR) is 32.3 cm³/mol. The molecule has 0 atom stereocenters. The molecule has 0 unspecified atom stereocenters. The first kappa shape index (κ1) is 7.66. The van der Waals surface area contributed by atoms with Crippen LogP contribution in [0.4, 0.5) is 0 Å². The largest absolute Gasteiger partial charge is 0.365 e. The molecule has 2 heteroatoms. The summed E-state index contributed by atoms with van der Waals surface area (Å²) in [5.74, 6) is 0. The molecule has 0 heterocycles. The fourth-order valence-electron chi connectivity index (χ4n) is 0.536. The second kappa shape index (κ2) is 3.64. The van der Waals surface area contributed by atoms with Crippen LogP contribution in [-0.4, -0.2) is 16.5 Å². The lowest BCUT2D eigenvalue weighted by Crippen LogP contribution is -2.06. The normalized spacial score (nSPS) is 12.9. The van der Waals surface area contributed by atoms with Gasteiger partial charge in [-0.15, -0.1) is 0 Å². The molecule has 0 aromatic rings. The van der Waals surface area contributed by atoms with Crippen LogP contribution in [0.1, 0.15) is 20.3 Å². The molecule has 48 valence electrons. The number of allylic oxidation sites excluding steroid dienone is 1. The van der Waals surface area contributed by atoms with Gasteiger partial charge in [-0.25, -0.2) is 0 Å². The summed E-state index contributed by atoms with van der Waals surface area (Å²) in [4.78, 5) is 0. The van der Waals surface area contributed by atoms with Crippen molar-refractivity contribution >= 4 is 0 Å². The Morgan fingerprint density at radius 3 is 2.12 bits per heavy atom. The zero-order chi connectivity index (χ0) is 6.57. The summed E-state index contributed by atoms with van der Waals surface area (Å²) in [6.45, 7) is 3.67. The summed E-state index contributed by atoms with van der Waals surface area (Å²) in [6.07, 6.45) is 1.16. The third-order valence-corrected chi connectivity index (χ3v) is 1.11. The van der Waals surface area contributed by atoms with Gasteiger partial charge < -0.3 is 10.2 Å². The highest BCUT2D eigenvalue weighted by molar-refractivity contribution is 5.01. The van der Waals surface area contributed by atoms with Crippen molar-refractivity contribution in [1.82, 2.24) is 0 Å². The van der Waals surface area contributed by atoms with Gasteiger partial charge in [0.2, 0.25) is 0 Å². The highest BCUT2D eigenvalue weighted by Crippen LogP contribution is 2.02. The van der Waals surface area contributed by atoms with Gasteiger partial charge in [0.25, 0.3) is 0 Å².